The maximum Gasteiger partial charge on any atom is 0.251 e. The second-order valence-corrected chi connectivity index (χ2v) is 5.49. The average molecular weight is 257 g/mol. The van der Waals surface area contributed by atoms with E-state index in [1.54, 1.807) is 18.2 Å². The smallest absolute Gasteiger partial charge is 0.251 e. The molecule has 0 unspecified atom stereocenters. The molecule has 3 heteroatoms. The van der Waals surface area contributed by atoms with Crippen LogP contribution in [0.3, 0.4) is 0 Å². The fraction of sp³-hybridized carbons (Fsp3) is 0.438. The van der Waals surface area contributed by atoms with E-state index in [4.69, 9.17) is 5.11 Å². The largest absolute Gasteiger partial charge is 0.384 e. The van der Waals surface area contributed by atoms with Crippen molar-refractivity contribution < 1.29 is 9.90 Å². The van der Waals surface area contributed by atoms with Gasteiger partial charge in [0.05, 0.1) is 0 Å². The highest BCUT2D eigenvalue weighted by Gasteiger charge is 2.38. The SMILES string of the molecule is CC(C)(NC(=O)c1cccc(C#CCO)c1)C1CC1. The standard InChI is InChI=1S/C16H19NO2/c1-16(2,14-8-9-14)17-15(19)13-7-3-5-12(11-13)6-4-10-18/h3,5,7,11,14,18H,8-10H2,1-2H3,(H,17,19). The van der Waals surface area contributed by atoms with Crippen molar-refractivity contribution in [1.29, 1.82) is 0 Å². The van der Waals surface area contributed by atoms with E-state index in [-0.39, 0.29) is 18.1 Å². The molecule has 1 aliphatic rings. The summed E-state index contributed by atoms with van der Waals surface area (Å²) in [4.78, 5) is 12.2. The topological polar surface area (TPSA) is 49.3 Å². The van der Waals surface area contributed by atoms with Crippen molar-refractivity contribution in [2.24, 2.45) is 5.92 Å². The average Bonchev–Trinajstić information content (AvgIpc) is 3.20. The molecule has 2 N–H and O–H groups in total. The predicted octanol–water partition coefficient (Wildman–Crippen LogP) is 1.95. The zero-order valence-electron chi connectivity index (χ0n) is 11.4. The summed E-state index contributed by atoms with van der Waals surface area (Å²) < 4.78 is 0. The first-order valence-electron chi connectivity index (χ1n) is 6.55. The Bertz CT molecular complexity index is 533. The van der Waals surface area contributed by atoms with E-state index < -0.39 is 0 Å². The van der Waals surface area contributed by atoms with Crippen molar-refractivity contribution >= 4 is 5.91 Å². The third-order valence-electron chi connectivity index (χ3n) is 3.47. The predicted molar refractivity (Wildman–Crippen MR) is 74.7 cm³/mol. The molecule has 1 amide bonds. The van der Waals surface area contributed by atoms with Gasteiger partial charge < -0.3 is 10.4 Å². The number of hydrogen-bond acceptors (Lipinski definition) is 2. The van der Waals surface area contributed by atoms with Gasteiger partial charge in [-0.05, 0) is 50.8 Å². The Kier molecular flexibility index (Phi) is 3.92. The van der Waals surface area contributed by atoms with Crippen LogP contribution >= 0.6 is 0 Å². The Balaban J connectivity index is 2.10. The number of carbonyl (C=O) groups is 1. The lowest BCUT2D eigenvalue weighted by Crippen LogP contribution is -2.45. The molecule has 0 heterocycles. The maximum atomic E-state index is 12.2. The molecule has 0 aliphatic heterocycles. The molecule has 1 aliphatic carbocycles. The van der Waals surface area contributed by atoms with Crippen molar-refractivity contribution in [3.8, 4) is 11.8 Å². The van der Waals surface area contributed by atoms with E-state index in [2.05, 4.69) is 31.0 Å². The molecule has 1 saturated carbocycles. The van der Waals surface area contributed by atoms with Crippen LogP contribution in [0.2, 0.25) is 0 Å². The van der Waals surface area contributed by atoms with Crippen LogP contribution in [0, 0.1) is 17.8 Å². The van der Waals surface area contributed by atoms with Crippen molar-refractivity contribution in [3.63, 3.8) is 0 Å². The Labute approximate surface area is 114 Å². The molecule has 1 fully saturated rings. The van der Waals surface area contributed by atoms with Gasteiger partial charge in [-0.15, -0.1) is 0 Å². The zero-order valence-corrected chi connectivity index (χ0v) is 11.4. The molecule has 19 heavy (non-hydrogen) atoms. The van der Waals surface area contributed by atoms with Crippen LogP contribution in [0.4, 0.5) is 0 Å². The Morgan fingerprint density at radius 3 is 2.84 bits per heavy atom. The molecular weight excluding hydrogens is 238 g/mol. The number of carbonyl (C=O) groups excluding carboxylic acids is 1. The quantitative estimate of drug-likeness (QED) is 0.813. The van der Waals surface area contributed by atoms with Gasteiger partial charge in [-0.2, -0.15) is 0 Å². The second kappa shape index (κ2) is 5.46. The lowest BCUT2D eigenvalue weighted by atomic mass is 9.98. The van der Waals surface area contributed by atoms with Crippen LogP contribution < -0.4 is 5.32 Å². The van der Waals surface area contributed by atoms with E-state index >= 15 is 0 Å². The van der Waals surface area contributed by atoms with Crippen LogP contribution in [0.1, 0.15) is 42.6 Å². The van der Waals surface area contributed by atoms with Gasteiger partial charge in [0.2, 0.25) is 0 Å². The van der Waals surface area contributed by atoms with E-state index in [1.807, 2.05) is 6.07 Å². The summed E-state index contributed by atoms with van der Waals surface area (Å²) in [5, 5.41) is 11.8. The molecule has 0 atom stereocenters. The summed E-state index contributed by atoms with van der Waals surface area (Å²) in [6.45, 7) is 3.96. The van der Waals surface area contributed by atoms with Gasteiger partial charge in [0.15, 0.2) is 0 Å². The van der Waals surface area contributed by atoms with Crippen LogP contribution in [0.25, 0.3) is 0 Å². The minimum atomic E-state index is -0.175. The maximum absolute atomic E-state index is 12.2. The molecule has 1 aromatic carbocycles. The van der Waals surface area contributed by atoms with E-state index in [0.29, 0.717) is 11.5 Å². The lowest BCUT2D eigenvalue weighted by Gasteiger charge is -2.26. The van der Waals surface area contributed by atoms with Crippen LogP contribution in [-0.2, 0) is 0 Å². The summed E-state index contributed by atoms with van der Waals surface area (Å²) in [6, 6.07) is 7.16. The van der Waals surface area contributed by atoms with Crippen LogP contribution in [0.5, 0.6) is 0 Å². The van der Waals surface area contributed by atoms with Gasteiger partial charge in [-0.1, -0.05) is 17.9 Å². The Morgan fingerprint density at radius 2 is 2.21 bits per heavy atom. The first-order chi connectivity index (χ1) is 9.03. The molecule has 0 saturated heterocycles. The highest BCUT2D eigenvalue weighted by molar-refractivity contribution is 5.95. The van der Waals surface area contributed by atoms with Crippen LogP contribution in [0.15, 0.2) is 24.3 Å². The highest BCUT2D eigenvalue weighted by Crippen LogP contribution is 2.39. The van der Waals surface area contributed by atoms with E-state index in [9.17, 15) is 4.79 Å². The minimum Gasteiger partial charge on any atom is -0.384 e. The van der Waals surface area contributed by atoms with Gasteiger partial charge in [0, 0.05) is 16.7 Å². The Morgan fingerprint density at radius 1 is 1.47 bits per heavy atom. The minimum absolute atomic E-state index is 0.0652. The van der Waals surface area contributed by atoms with Crippen molar-refractivity contribution in [2.75, 3.05) is 6.61 Å². The van der Waals surface area contributed by atoms with Gasteiger partial charge in [-0.25, -0.2) is 0 Å². The monoisotopic (exact) mass is 257 g/mol. The molecular formula is C16H19NO2. The molecule has 1 aromatic rings. The molecule has 3 nitrogen and oxygen atoms in total. The molecule has 100 valence electrons. The fourth-order valence-corrected chi connectivity index (χ4v) is 2.15. The van der Waals surface area contributed by atoms with Gasteiger partial charge >= 0.3 is 0 Å². The summed E-state index contributed by atoms with van der Waals surface area (Å²) in [7, 11) is 0. The number of hydrogen-bond donors (Lipinski definition) is 2. The zero-order chi connectivity index (χ0) is 13.9. The summed E-state index contributed by atoms with van der Waals surface area (Å²) in [5.74, 6) is 5.91. The number of amides is 1. The van der Waals surface area contributed by atoms with Crippen LogP contribution in [-0.4, -0.2) is 23.2 Å². The van der Waals surface area contributed by atoms with Gasteiger partial charge in [0.25, 0.3) is 5.91 Å². The Hall–Kier alpha value is -1.79. The fourth-order valence-electron chi connectivity index (χ4n) is 2.15. The number of aliphatic hydroxyl groups excluding tert-OH is 1. The summed E-state index contributed by atoms with van der Waals surface area (Å²) >= 11 is 0. The van der Waals surface area contributed by atoms with E-state index in [0.717, 1.165) is 5.56 Å². The third kappa shape index (κ3) is 3.59. The summed E-state index contributed by atoms with van der Waals surface area (Å²) in [5.41, 5.74) is 1.20. The molecule has 0 spiro atoms. The number of rotatable bonds is 3. The number of aliphatic hydroxyl groups is 1. The van der Waals surface area contributed by atoms with Gasteiger partial charge in [0.1, 0.15) is 6.61 Å². The molecule has 0 radical (unpaired) electrons. The normalized spacial score (nSPS) is 14.5. The molecule has 2 rings (SSSR count). The second-order valence-electron chi connectivity index (χ2n) is 5.49. The molecule has 0 bridgehead atoms. The van der Waals surface area contributed by atoms with Crippen molar-refractivity contribution in [1.82, 2.24) is 5.32 Å². The highest BCUT2D eigenvalue weighted by atomic mass is 16.2. The lowest BCUT2D eigenvalue weighted by molar-refractivity contribution is 0.0903. The van der Waals surface area contributed by atoms with Crippen molar-refractivity contribution in [2.45, 2.75) is 32.2 Å². The number of nitrogens with one attached hydrogen (secondary N) is 1. The van der Waals surface area contributed by atoms with Gasteiger partial charge in [-0.3, -0.25) is 4.79 Å². The summed E-state index contributed by atoms with van der Waals surface area (Å²) in [6.07, 6.45) is 2.38. The van der Waals surface area contributed by atoms with Crippen molar-refractivity contribution in [3.05, 3.63) is 35.4 Å². The first kappa shape index (κ1) is 13.6. The third-order valence-corrected chi connectivity index (χ3v) is 3.47. The van der Waals surface area contributed by atoms with E-state index in [1.165, 1.54) is 12.8 Å². The molecule has 0 aromatic heterocycles. The number of benzene rings is 1. The first-order valence-corrected chi connectivity index (χ1v) is 6.55.